The van der Waals surface area contributed by atoms with Crippen LogP contribution in [-0.4, -0.2) is 23.3 Å². The molecule has 1 aromatic rings. The number of halogens is 2. The van der Waals surface area contributed by atoms with Crippen molar-refractivity contribution in [2.24, 2.45) is 0 Å². The zero-order chi connectivity index (χ0) is 8.97. The monoisotopic (exact) mass is 251 g/mol. The topological polar surface area (TPSA) is 42.4 Å². The molecule has 66 valence electrons. The summed E-state index contributed by atoms with van der Waals surface area (Å²) in [6, 6.07) is 1.68. The van der Waals surface area contributed by atoms with E-state index >= 15 is 0 Å². The lowest BCUT2D eigenvalue weighted by atomic mass is 10.5. The Morgan fingerprint density at radius 1 is 1.67 bits per heavy atom. The van der Waals surface area contributed by atoms with Crippen molar-refractivity contribution in [2.75, 3.05) is 13.2 Å². The summed E-state index contributed by atoms with van der Waals surface area (Å²) in [4.78, 5) is 3.90. The summed E-state index contributed by atoms with van der Waals surface area (Å²) in [7, 11) is 0. The molecule has 0 saturated carbocycles. The van der Waals surface area contributed by atoms with Gasteiger partial charge in [-0.15, -0.1) is 0 Å². The molecule has 0 bridgehead atoms. The minimum atomic E-state index is -0.0310. The Morgan fingerprint density at radius 2 is 2.42 bits per heavy atom. The molecule has 0 amide bonds. The van der Waals surface area contributed by atoms with Crippen molar-refractivity contribution in [3.8, 4) is 5.88 Å². The van der Waals surface area contributed by atoms with Crippen LogP contribution in [0.3, 0.4) is 0 Å². The smallest absolute Gasteiger partial charge is 0.228 e. The van der Waals surface area contributed by atoms with Crippen LogP contribution < -0.4 is 4.74 Å². The Bertz CT molecular complexity index is 270. The molecular formula is C7H7BrClNO2. The first kappa shape index (κ1) is 9.77. The van der Waals surface area contributed by atoms with Crippen molar-refractivity contribution in [2.45, 2.75) is 0 Å². The van der Waals surface area contributed by atoms with E-state index in [9.17, 15) is 0 Å². The Balaban J connectivity index is 2.72. The van der Waals surface area contributed by atoms with Crippen LogP contribution in [0.1, 0.15) is 0 Å². The summed E-state index contributed by atoms with van der Waals surface area (Å²) in [5, 5.41) is 9.02. The molecule has 0 radical (unpaired) electrons. The minimum Gasteiger partial charge on any atom is -0.474 e. The summed E-state index contributed by atoms with van der Waals surface area (Å²) in [6.07, 6.45) is 1.49. The Morgan fingerprint density at radius 3 is 3.00 bits per heavy atom. The number of nitrogens with zero attached hydrogens (tertiary/aromatic N) is 1. The molecule has 1 heterocycles. The fourth-order valence-electron chi connectivity index (χ4n) is 0.651. The first-order valence-corrected chi connectivity index (χ1v) is 4.46. The van der Waals surface area contributed by atoms with Gasteiger partial charge in [-0.05, 0) is 22.0 Å². The number of aromatic nitrogens is 1. The van der Waals surface area contributed by atoms with Gasteiger partial charge in [0.05, 0.1) is 16.1 Å². The first-order valence-electron chi connectivity index (χ1n) is 3.28. The van der Waals surface area contributed by atoms with Crippen LogP contribution in [0.2, 0.25) is 5.02 Å². The standard InChI is InChI=1S/C7H7BrClNO2/c8-6-3-5(9)4-10-7(6)12-2-1-11/h3-4,11H,1-2H2. The van der Waals surface area contributed by atoms with Gasteiger partial charge in [0.15, 0.2) is 0 Å². The van der Waals surface area contributed by atoms with Gasteiger partial charge in [0, 0.05) is 6.20 Å². The lowest BCUT2D eigenvalue weighted by Crippen LogP contribution is -2.03. The number of pyridine rings is 1. The number of rotatable bonds is 3. The Labute approximate surface area is 83.5 Å². The fourth-order valence-corrected chi connectivity index (χ4v) is 1.40. The van der Waals surface area contributed by atoms with Crippen LogP contribution in [0.5, 0.6) is 5.88 Å². The third-order valence-corrected chi connectivity index (χ3v) is 1.88. The van der Waals surface area contributed by atoms with Gasteiger partial charge in [0.1, 0.15) is 6.61 Å². The van der Waals surface area contributed by atoms with Crippen LogP contribution in [0.4, 0.5) is 0 Å². The van der Waals surface area contributed by atoms with Crippen molar-refractivity contribution in [3.05, 3.63) is 21.8 Å². The van der Waals surface area contributed by atoms with Crippen molar-refractivity contribution < 1.29 is 9.84 Å². The SMILES string of the molecule is OCCOc1ncc(Cl)cc1Br. The van der Waals surface area contributed by atoms with Gasteiger partial charge >= 0.3 is 0 Å². The van der Waals surface area contributed by atoms with Gasteiger partial charge in [-0.2, -0.15) is 0 Å². The summed E-state index contributed by atoms with van der Waals surface area (Å²) in [6.45, 7) is 0.198. The second kappa shape index (κ2) is 4.64. The van der Waals surface area contributed by atoms with Gasteiger partial charge in [-0.25, -0.2) is 4.98 Å². The van der Waals surface area contributed by atoms with E-state index in [4.69, 9.17) is 21.4 Å². The minimum absolute atomic E-state index is 0.0310. The molecule has 0 aromatic carbocycles. The lowest BCUT2D eigenvalue weighted by Gasteiger charge is -2.04. The second-order valence-electron chi connectivity index (χ2n) is 2.01. The molecule has 0 aliphatic heterocycles. The Hall–Kier alpha value is -0.320. The molecule has 1 N–H and O–H groups in total. The van der Waals surface area contributed by atoms with Gasteiger partial charge < -0.3 is 9.84 Å². The molecule has 0 spiro atoms. The molecule has 5 heteroatoms. The van der Waals surface area contributed by atoms with Gasteiger partial charge in [-0.1, -0.05) is 11.6 Å². The van der Waals surface area contributed by atoms with E-state index in [-0.39, 0.29) is 13.2 Å². The zero-order valence-electron chi connectivity index (χ0n) is 6.13. The average Bonchev–Trinajstić information content (AvgIpc) is 2.03. The third kappa shape index (κ3) is 2.62. The molecular weight excluding hydrogens is 245 g/mol. The van der Waals surface area contributed by atoms with Crippen LogP contribution in [0.25, 0.3) is 0 Å². The normalized spacial score (nSPS) is 9.92. The van der Waals surface area contributed by atoms with Crippen molar-refractivity contribution in [3.63, 3.8) is 0 Å². The van der Waals surface area contributed by atoms with Gasteiger partial charge in [0.2, 0.25) is 5.88 Å². The average molecular weight is 252 g/mol. The number of aliphatic hydroxyl groups excluding tert-OH is 1. The van der Waals surface area contributed by atoms with E-state index in [2.05, 4.69) is 20.9 Å². The van der Waals surface area contributed by atoms with Gasteiger partial charge in [-0.3, -0.25) is 0 Å². The molecule has 0 atom stereocenters. The van der Waals surface area contributed by atoms with Crippen LogP contribution in [0, 0.1) is 0 Å². The van der Waals surface area contributed by atoms with E-state index in [1.165, 1.54) is 6.20 Å². The van der Waals surface area contributed by atoms with Crippen molar-refractivity contribution >= 4 is 27.5 Å². The highest BCUT2D eigenvalue weighted by Crippen LogP contribution is 2.24. The molecule has 12 heavy (non-hydrogen) atoms. The largest absolute Gasteiger partial charge is 0.474 e. The highest BCUT2D eigenvalue weighted by atomic mass is 79.9. The summed E-state index contributed by atoms with van der Waals surface area (Å²) >= 11 is 8.88. The highest BCUT2D eigenvalue weighted by Gasteiger charge is 2.02. The molecule has 0 fully saturated rings. The molecule has 1 aromatic heterocycles. The number of aliphatic hydroxyl groups is 1. The lowest BCUT2D eigenvalue weighted by molar-refractivity contribution is 0.196. The quantitative estimate of drug-likeness (QED) is 0.893. The third-order valence-electron chi connectivity index (χ3n) is 1.10. The van der Waals surface area contributed by atoms with Crippen LogP contribution in [0.15, 0.2) is 16.7 Å². The first-order chi connectivity index (χ1) is 5.74. The number of hydrogen-bond acceptors (Lipinski definition) is 3. The summed E-state index contributed by atoms with van der Waals surface area (Å²) in [5.41, 5.74) is 0. The molecule has 0 aliphatic carbocycles. The number of ether oxygens (including phenoxy) is 1. The molecule has 1 rings (SSSR count). The molecule has 0 unspecified atom stereocenters. The van der Waals surface area contributed by atoms with E-state index in [1.54, 1.807) is 6.07 Å². The maximum Gasteiger partial charge on any atom is 0.228 e. The van der Waals surface area contributed by atoms with E-state index in [0.29, 0.717) is 15.4 Å². The van der Waals surface area contributed by atoms with E-state index in [0.717, 1.165) is 0 Å². The number of hydrogen-bond donors (Lipinski definition) is 1. The van der Waals surface area contributed by atoms with Crippen LogP contribution >= 0.6 is 27.5 Å². The second-order valence-corrected chi connectivity index (χ2v) is 3.30. The predicted octanol–water partition coefficient (Wildman–Crippen LogP) is 1.87. The maximum absolute atomic E-state index is 8.48. The molecule has 0 aliphatic rings. The zero-order valence-corrected chi connectivity index (χ0v) is 8.47. The van der Waals surface area contributed by atoms with Crippen molar-refractivity contribution in [1.82, 2.24) is 4.98 Å². The highest BCUT2D eigenvalue weighted by molar-refractivity contribution is 9.10. The summed E-state index contributed by atoms with van der Waals surface area (Å²) in [5.74, 6) is 0.438. The molecule has 0 saturated heterocycles. The van der Waals surface area contributed by atoms with Crippen LogP contribution in [-0.2, 0) is 0 Å². The van der Waals surface area contributed by atoms with Crippen molar-refractivity contribution in [1.29, 1.82) is 0 Å². The maximum atomic E-state index is 8.48. The van der Waals surface area contributed by atoms with E-state index in [1.807, 2.05) is 0 Å². The predicted molar refractivity (Wildman–Crippen MR) is 49.5 cm³/mol. The summed E-state index contributed by atoms with van der Waals surface area (Å²) < 4.78 is 5.76. The van der Waals surface area contributed by atoms with E-state index < -0.39 is 0 Å². The fraction of sp³-hybridized carbons (Fsp3) is 0.286. The Kier molecular flexibility index (Phi) is 3.78. The molecule has 3 nitrogen and oxygen atoms in total. The van der Waals surface area contributed by atoms with Gasteiger partial charge in [0.25, 0.3) is 0 Å².